The minimum atomic E-state index is -1.44. The fourth-order valence-electron chi connectivity index (χ4n) is 5.74. The molecule has 2 heterocycles. The minimum Gasteiger partial charge on any atom is -0.507 e. The van der Waals surface area contributed by atoms with Crippen molar-refractivity contribution in [2.75, 3.05) is 32.8 Å². The molecule has 254 valence electrons. The Labute approximate surface area is 274 Å². The van der Waals surface area contributed by atoms with Crippen molar-refractivity contribution >= 4 is 11.8 Å². The number of aliphatic hydroxyl groups excluding tert-OH is 4. The van der Waals surface area contributed by atoms with Crippen LogP contribution < -0.4 is 10.6 Å². The van der Waals surface area contributed by atoms with Crippen molar-refractivity contribution in [2.45, 2.75) is 65.2 Å². The van der Waals surface area contributed by atoms with E-state index in [0.29, 0.717) is 56.8 Å². The molecule has 0 radical (unpaired) electrons. The Kier molecular flexibility index (Phi) is 12.6. The summed E-state index contributed by atoms with van der Waals surface area (Å²) in [4.78, 5) is 34.6. The number of nitrogens with one attached hydrogen (secondary N) is 2. The van der Waals surface area contributed by atoms with E-state index in [0.717, 1.165) is 35.4 Å². The molecule has 1 aromatic heterocycles. The van der Waals surface area contributed by atoms with E-state index < -0.39 is 37.5 Å². The molecule has 2 aromatic carbocycles. The number of fused-ring (bicyclic) bond motifs is 2. The lowest BCUT2D eigenvalue weighted by Gasteiger charge is -2.27. The van der Waals surface area contributed by atoms with E-state index >= 15 is 0 Å². The summed E-state index contributed by atoms with van der Waals surface area (Å²) in [6, 6.07) is 12.6. The maximum absolute atomic E-state index is 12.7. The first-order valence-corrected chi connectivity index (χ1v) is 15.7. The highest BCUT2D eigenvalue weighted by Gasteiger charge is 2.22. The van der Waals surface area contributed by atoms with Crippen LogP contribution in [0, 0.1) is 13.8 Å². The third-order valence-corrected chi connectivity index (χ3v) is 8.02. The summed E-state index contributed by atoms with van der Waals surface area (Å²) in [7, 11) is 0. The zero-order chi connectivity index (χ0) is 34.1. The van der Waals surface area contributed by atoms with E-state index in [1.165, 1.54) is 6.07 Å². The number of rotatable bonds is 10. The highest BCUT2D eigenvalue weighted by atomic mass is 16.3. The number of aromatic hydroxyl groups is 2. The van der Waals surface area contributed by atoms with Gasteiger partial charge in [0.1, 0.15) is 24.0 Å². The molecule has 47 heavy (non-hydrogen) atoms. The van der Waals surface area contributed by atoms with Gasteiger partial charge in [0.15, 0.2) is 0 Å². The molecule has 13 heteroatoms. The van der Waals surface area contributed by atoms with Crippen molar-refractivity contribution in [3.8, 4) is 11.5 Å². The average Bonchev–Trinajstić information content (AvgIpc) is 3.03. The van der Waals surface area contributed by atoms with Crippen molar-refractivity contribution in [1.82, 2.24) is 25.4 Å². The lowest BCUT2D eigenvalue weighted by atomic mass is 10.0. The first kappa shape index (κ1) is 35.7. The third-order valence-electron chi connectivity index (χ3n) is 8.02. The van der Waals surface area contributed by atoms with Gasteiger partial charge in [-0.25, -0.2) is 0 Å². The first-order chi connectivity index (χ1) is 22.5. The van der Waals surface area contributed by atoms with Gasteiger partial charge in [-0.3, -0.25) is 24.4 Å². The van der Waals surface area contributed by atoms with Crippen LogP contribution in [0.1, 0.15) is 67.2 Å². The molecule has 2 atom stereocenters. The van der Waals surface area contributed by atoms with Gasteiger partial charge in [0.2, 0.25) is 0 Å². The van der Waals surface area contributed by atoms with Gasteiger partial charge in [-0.2, -0.15) is 0 Å². The number of amides is 2. The minimum absolute atomic E-state index is 0.0160. The van der Waals surface area contributed by atoms with Crippen LogP contribution >= 0.6 is 0 Å². The van der Waals surface area contributed by atoms with Gasteiger partial charge in [0.05, 0.1) is 30.0 Å². The maximum atomic E-state index is 12.7. The number of pyridine rings is 1. The monoisotopic (exact) mass is 651 g/mol. The fraction of sp³-hybridized carbons (Fsp3) is 0.441. The molecule has 0 saturated heterocycles. The van der Waals surface area contributed by atoms with E-state index in [4.69, 9.17) is 15.2 Å². The summed E-state index contributed by atoms with van der Waals surface area (Å²) >= 11 is 0. The Morgan fingerprint density at radius 3 is 1.79 bits per heavy atom. The number of phenolic OH excluding ortho intramolecular Hbond substituents is 2. The van der Waals surface area contributed by atoms with Crippen LogP contribution in [-0.2, 0) is 26.1 Å². The number of aryl methyl sites for hydroxylation is 2. The van der Waals surface area contributed by atoms with Crippen LogP contribution in [0.4, 0.5) is 0 Å². The molecule has 0 fully saturated rings. The van der Waals surface area contributed by atoms with Gasteiger partial charge in [0.25, 0.3) is 11.8 Å². The van der Waals surface area contributed by atoms with Crippen molar-refractivity contribution in [1.29, 1.82) is 0 Å². The van der Waals surface area contributed by atoms with Gasteiger partial charge in [0, 0.05) is 49.4 Å². The van der Waals surface area contributed by atoms with Gasteiger partial charge < -0.3 is 41.3 Å². The average molecular weight is 652 g/mol. The Morgan fingerprint density at radius 1 is 0.766 bits per heavy atom. The molecule has 8 N–H and O–H groups in total. The summed E-state index contributed by atoms with van der Waals surface area (Å²) in [6.45, 7) is 5.65. The normalized spacial score (nSPS) is 16.0. The summed E-state index contributed by atoms with van der Waals surface area (Å²) in [5.41, 5.74) is 4.47. The van der Waals surface area contributed by atoms with Gasteiger partial charge in [-0.15, -0.1) is 0 Å². The number of carbonyl (C=O) groups excluding carboxylic acids is 2. The molecule has 4 rings (SSSR count). The van der Waals surface area contributed by atoms with Crippen LogP contribution in [0.2, 0.25) is 0 Å². The molecule has 2 bridgehead atoms. The zero-order valence-electron chi connectivity index (χ0n) is 26.8. The molecule has 0 saturated carbocycles. The predicted molar refractivity (Wildman–Crippen MR) is 173 cm³/mol. The van der Waals surface area contributed by atoms with Crippen LogP contribution in [0.25, 0.3) is 0 Å². The number of hydrogen-bond donors (Lipinski definition) is 8. The second-order valence-corrected chi connectivity index (χ2v) is 12.0. The number of benzene rings is 2. The summed E-state index contributed by atoms with van der Waals surface area (Å²) in [5, 5.41) is 64.1. The molecular weight excluding hydrogens is 606 g/mol. The summed E-state index contributed by atoms with van der Waals surface area (Å²) in [5.74, 6) is -1.73. The van der Waals surface area contributed by atoms with E-state index in [2.05, 4.69) is 20.4 Å². The number of hydrogen-bond acceptors (Lipinski definition) is 11. The molecule has 0 spiro atoms. The maximum Gasteiger partial charge on any atom is 0.257 e. The third kappa shape index (κ3) is 9.94. The zero-order valence-corrected chi connectivity index (χ0v) is 26.8. The summed E-state index contributed by atoms with van der Waals surface area (Å²) < 4.78 is 0. The molecule has 1 aliphatic heterocycles. The van der Waals surface area contributed by atoms with Gasteiger partial charge in [-0.05, 0) is 75.2 Å². The first-order valence-electron chi connectivity index (χ1n) is 15.7. The molecule has 2 amide bonds. The molecule has 1 aliphatic rings. The molecular formula is C34H45N5O8. The largest absolute Gasteiger partial charge is 0.507 e. The lowest BCUT2D eigenvalue weighted by molar-refractivity contribution is 0.0540. The number of aromatic nitrogens is 1. The Morgan fingerprint density at radius 2 is 1.26 bits per heavy atom. The van der Waals surface area contributed by atoms with Crippen molar-refractivity contribution in [3.05, 3.63) is 87.2 Å². The van der Waals surface area contributed by atoms with Crippen molar-refractivity contribution in [3.63, 3.8) is 0 Å². The van der Waals surface area contributed by atoms with E-state index in [9.17, 15) is 30.0 Å². The topological polar surface area (TPSA) is 199 Å². The fourth-order valence-corrected chi connectivity index (χ4v) is 5.74. The van der Waals surface area contributed by atoms with Crippen LogP contribution in [0.5, 0.6) is 11.5 Å². The van der Waals surface area contributed by atoms with E-state index in [1.807, 2.05) is 44.2 Å². The number of phenols is 2. The van der Waals surface area contributed by atoms with E-state index in [-0.39, 0.29) is 22.6 Å². The Balaban J connectivity index is 1.53. The SMILES string of the molecule is Cc1cc(CN2CCCCN(Cc3cc(C)cc(C(=O)NC(O)CO)c3O)Cc3cccc(n3)CC2)c(O)c(C(=O)NC(O)CO)c1. The van der Waals surface area contributed by atoms with Crippen LogP contribution in [0.3, 0.4) is 0 Å². The lowest BCUT2D eigenvalue weighted by Crippen LogP contribution is -2.37. The van der Waals surface area contributed by atoms with Crippen LogP contribution in [-0.4, -0.2) is 103 Å². The molecule has 0 aliphatic carbocycles. The van der Waals surface area contributed by atoms with Crippen molar-refractivity contribution in [2.24, 2.45) is 0 Å². The van der Waals surface area contributed by atoms with Gasteiger partial charge >= 0.3 is 0 Å². The Bertz CT molecular complexity index is 1550. The Hall–Kier alpha value is -4.11. The predicted octanol–water partition coefficient (Wildman–Crippen LogP) is 1.03. The van der Waals surface area contributed by atoms with Crippen molar-refractivity contribution < 1.29 is 40.2 Å². The smallest absolute Gasteiger partial charge is 0.257 e. The van der Waals surface area contributed by atoms with Gasteiger partial charge in [-0.1, -0.05) is 18.2 Å². The number of aliphatic hydroxyl groups is 4. The number of nitrogens with zero attached hydrogens (tertiary/aromatic N) is 3. The highest BCUT2D eigenvalue weighted by molar-refractivity contribution is 5.98. The number of carbonyl (C=O) groups is 2. The second-order valence-electron chi connectivity index (χ2n) is 12.0. The molecule has 2 unspecified atom stereocenters. The molecule has 13 nitrogen and oxygen atoms in total. The standard InChI is InChI=1S/C34H45N5O8/c1-21-12-23(31(44)27(14-21)33(46)36-29(42)19-40)16-38-9-3-4-10-39(18-26-7-5-6-25(35-26)8-11-38)17-24-13-22(2)15-28(32(24)45)34(47)37-30(43)20-41/h5-7,12-15,29-30,40-45H,3-4,8-11,16-20H2,1-2H3,(H,36,46)(H,37,47). The molecule has 3 aromatic rings. The van der Waals surface area contributed by atoms with E-state index in [1.54, 1.807) is 6.07 Å². The summed E-state index contributed by atoms with van der Waals surface area (Å²) in [6.07, 6.45) is -0.585. The highest BCUT2D eigenvalue weighted by Crippen LogP contribution is 2.28. The second kappa shape index (κ2) is 16.6. The quantitative estimate of drug-likeness (QED) is 0.146. The van der Waals surface area contributed by atoms with Crippen LogP contribution in [0.15, 0.2) is 42.5 Å².